The minimum absolute atomic E-state index is 0.00851. The van der Waals surface area contributed by atoms with E-state index in [9.17, 15) is 14.5 Å². The third kappa shape index (κ3) is 8.68. The molecule has 10 heteroatoms. The van der Waals surface area contributed by atoms with Gasteiger partial charge in [-0.25, -0.2) is 5.09 Å². The van der Waals surface area contributed by atoms with Crippen LogP contribution in [0.2, 0.25) is 0 Å². The van der Waals surface area contributed by atoms with Gasteiger partial charge in [0.2, 0.25) is 0 Å². The summed E-state index contributed by atoms with van der Waals surface area (Å²) in [4.78, 5) is 16.8. The van der Waals surface area contributed by atoms with Gasteiger partial charge in [-0.3, -0.25) is 14.3 Å². The molecular formula is C27H34N3O6P. The number of carbonyl (C=O) groups excluding carboxylic acids is 1. The van der Waals surface area contributed by atoms with Gasteiger partial charge in [0.05, 0.1) is 18.4 Å². The highest BCUT2D eigenvalue weighted by Crippen LogP contribution is 2.28. The lowest BCUT2D eigenvalue weighted by Crippen LogP contribution is -2.37. The number of nitrogens with one attached hydrogen (secondary N) is 1. The van der Waals surface area contributed by atoms with Gasteiger partial charge < -0.3 is 24.8 Å². The van der Waals surface area contributed by atoms with Gasteiger partial charge in [0.15, 0.2) is 0 Å². The van der Waals surface area contributed by atoms with Crippen LogP contribution in [-0.4, -0.2) is 28.2 Å². The first-order chi connectivity index (χ1) is 17.8. The van der Waals surface area contributed by atoms with Crippen LogP contribution in [-0.2, 0) is 44.8 Å². The lowest BCUT2D eigenvalue weighted by molar-refractivity contribution is -0.149. The zero-order chi connectivity index (χ0) is 26.8. The summed E-state index contributed by atoms with van der Waals surface area (Å²) >= 11 is 0. The molecule has 0 aliphatic heterocycles. The molecule has 0 spiro atoms. The minimum Gasteiger partial charge on any atom is -0.506 e. The molecule has 0 bridgehead atoms. The number of pyridine rings is 1. The van der Waals surface area contributed by atoms with Gasteiger partial charge in [-0.15, -0.1) is 0 Å². The van der Waals surface area contributed by atoms with Crippen LogP contribution in [0.5, 0.6) is 11.5 Å². The summed E-state index contributed by atoms with van der Waals surface area (Å²) in [6, 6.07) is 16.3. The average molecular weight is 528 g/mol. The van der Waals surface area contributed by atoms with Crippen molar-refractivity contribution in [3.8, 4) is 11.5 Å². The maximum absolute atomic E-state index is 12.7. The van der Waals surface area contributed by atoms with E-state index in [4.69, 9.17) is 19.7 Å². The fraction of sp³-hybridized carbons (Fsp3) is 0.333. The summed E-state index contributed by atoms with van der Waals surface area (Å²) in [5.41, 5.74) is 9.09. The molecule has 0 saturated heterocycles. The molecule has 37 heavy (non-hydrogen) atoms. The molecule has 0 amide bonds. The second-order valence-corrected chi connectivity index (χ2v) is 9.93. The monoisotopic (exact) mass is 527 g/mol. The lowest BCUT2D eigenvalue weighted by Gasteiger charge is -2.19. The summed E-state index contributed by atoms with van der Waals surface area (Å²) in [5.74, 6) is 0.161. The van der Waals surface area contributed by atoms with Crippen LogP contribution < -0.4 is 15.6 Å². The number of aromatic hydroxyl groups is 1. The molecular weight excluding hydrogens is 493 g/mol. The molecule has 1 aromatic heterocycles. The Hall–Kier alpha value is -3.23. The van der Waals surface area contributed by atoms with E-state index in [1.807, 2.05) is 54.6 Å². The van der Waals surface area contributed by atoms with Crippen LogP contribution in [0.1, 0.15) is 41.8 Å². The second kappa shape index (κ2) is 13.9. The van der Waals surface area contributed by atoms with Gasteiger partial charge in [-0.2, -0.15) is 0 Å². The van der Waals surface area contributed by atoms with Crippen LogP contribution in [0.15, 0.2) is 60.8 Å². The van der Waals surface area contributed by atoms with E-state index < -0.39 is 20.2 Å². The number of nitrogens with two attached hydrogens (primary N) is 1. The zero-order valence-electron chi connectivity index (χ0n) is 21.3. The number of aromatic nitrogens is 1. The summed E-state index contributed by atoms with van der Waals surface area (Å²) in [6.07, 6.45) is 1.44. The van der Waals surface area contributed by atoms with Gasteiger partial charge in [0.1, 0.15) is 24.1 Å². The normalized spacial score (nSPS) is 12.8. The first kappa shape index (κ1) is 28.3. The molecule has 0 aliphatic carbocycles. The highest BCUT2D eigenvalue weighted by Gasteiger charge is 2.24. The number of ether oxygens (including phenoxy) is 2. The molecule has 0 saturated carbocycles. The molecule has 0 fully saturated rings. The van der Waals surface area contributed by atoms with Gasteiger partial charge in [0, 0.05) is 23.9 Å². The molecule has 3 rings (SSSR count). The van der Waals surface area contributed by atoms with E-state index in [1.54, 1.807) is 20.8 Å². The largest absolute Gasteiger partial charge is 0.506 e. The average Bonchev–Trinajstić information content (AvgIpc) is 2.88. The van der Waals surface area contributed by atoms with E-state index in [1.165, 1.54) is 6.20 Å². The van der Waals surface area contributed by atoms with Crippen molar-refractivity contribution in [3.05, 3.63) is 88.7 Å². The van der Waals surface area contributed by atoms with Crippen LogP contribution in [0.25, 0.3) is 0 Å². The maximum atomic E-state index is 12.7. The van der Waals surface area contributed by atoms with Crippen LogP contribution in [0, 0.1) is 6.92 Å². The Kier molecular flexibility index (Phi) is 10.7. The number of aryl methyl sites for hydroxylation is 1. The zero-order valence-corrected chi connectivity index (χ0v) is 22.3. The van der Waals surface area contributed by atoms with Crippen molar-refractivity contribution in [3.63, 3.8) is 0 Å². The number of nitrogens with zero attached hydrogens (tertiary/aromatic N) is 1. The Labute approximate surface area is 217 Å². The number of rotatable bonds is 13. The summed E-state index contributed by atoms with van der Waals surface area (Å²) in [7, 11) is -2.85. The van der Waals surface area contributed by atoms with Gasteiger partial charge in [0.25, 0.3) is 8.18 Å². The standard InChI is InChI=1S/C27H34N3O6P/c1-18(2)36-27(32)25(30-37(33)35-17-22-15-29-19(3)26(31)24(22)14-28)13-20-9-11-23(12-10-20)34-16-21-7-5-4-6-8-21/h4-12,15,18,25,31,37H,13-14,16-17,28H2,1-3H3,(H,30,33)/t25-/m0/s1. The van der Waals surface area contributed by atoms with Crippen LogP contribution >= 0.6 is 8.18 Å². The molecule has 9 nitrogen and oxygen atoms in total. The number of esters is 1. The number of carbonyl (C=O) groups is 1. The van der Waals surface area contributed by atoms with E-state index in [2.05, 4.69) is 10.1 Å². The Morgan fingerprint density at radius 1 is 1.08 bits per heavy atom. The van der Waals surface area contributed by atoms with Gasteiger partial charge in [-0.05, 0) is 50.5 Å². The fourth-order valence-corrected chi connectivity index (χ4v) is 4.44. The topological polar surface area (TPSA) is 133 Å². The summed E-state index contributed by atoms with van der Waals surface area (Å²) in [6.45, 7) is 5.60. The lowest BCUT2D eigenvalue weighted by atomic mass is 10.1. The molecule has 1 heterocycles. The predicted molar refractivity (Wildman–Crippen MR) is 141 cm³/mol. The third-order valence-corrected chi connectivity index (χ3v) is 6.52. The molecule has 0 radical (unpaired) electrons. The van der Waals surface area contributed by atoms with E-state index in [0.29, 0.717) is 29.2 Å². The summed E-state index contributed by atoms with van der Waals surface area (Å²) < 4.78 is 29.4. The Morgan fingerprint density at radius 2 is 1.78 bits per heavy atom. The number of hydrogen-bond acceptors (Lipinski definition) is 8. The molecule has 198 valence electrons. The third-order valence-electron chi connectivity index (χ3n) is 5.53. The highest BCUT2D eigenvalue weighted by molar-refractivity contribution is 7.36. The highest BCUT2D eigenvalue weighted by atomic mass is 31.1. The molecule has 4 N–H and O–H groups in total. The minimum atomic E-state index is -2.85. The van der Waals surface area contributed by atoms with Crippen molar-refractivity contribution in [2.75, 3.05) is 0 Å². The Morgan fingerprint density at radius 3 is 2.43 bits per heavy atom. The predicted octanol–water partition coefficient (Wildman–Crippen LogP) is 4.19. The molecule has 2 aromatic carbocycles. The Bertz CT molecular complexity index is 1190. The molecule has 0 aliphatic rings. The smallest absolute Gasteiger partial charge is 0.324 e. The SMILES string of the molecule is Cc1ncc(CO[PH](=O)N[C@@H](Cc2ccc(OCc3ccccc3)cc2)C(=O)OC(C)C)c(CN)c1O. The number of benzene rings is 2. The van der Waals surface area contributed by atoms with Crippen molar-refractivity contribution >= 4 is 14.1 Å². The Balaban J connectivity index is 1.62. The van der Waals surface area contributed by atoms with Crippen molar-refractivity contribution in [1.82, 2.24) is 10.1 Å². The van der Waals surface area contributed by atoms with Crippen molar-refractivity contribution < 1.29 is 28.5 Å². The van der Waals surface area contributed by atoms with Crippen molar-refractivity contribution in [2.24, 2.45) is 5.73 Å². The first-order valence-corrected chi connectivity index (χ1v) is 13.3. The second-order valence-electron chi connectivity index (χ2n) is 8.78. The quantitative estimate of drug-likeness (QED) is 0.221. The van der Waals surface area contributed by atoms with E-state index in [0.717, 1.165) is 11.1 Å². The maximum Gasteiger partial charge on any atom is 0.324 e. The first-order valence-electron chi connectivity index (χ1n) is 12.0. The fourth-order valence-electron chi connectivity index (χ4n) is 3.57. The molecule has 2 atom stereocenters. The van der Waals surface area contributed by atoms with E-state index in [-0.39, 0.29) is 31.4 Å². The van der Waals surface area contributed by atoms with Crippen molar-refractivity contribution in [1.29, 1.82) is 0 Å². The van der Waals surface area contributed by atoms with E-state index >= 15 is 0 Å². The van der Waals surface area contributed by atoms with Crippen LogP contribution in [0.4, 0.5) is 0 Å². The summed E-state index contributed by atoms with van der Waals surface area (Å²) in [5, 5.41) is 12.9. The van der Waals surface area contributed by atoms with Gasteiger partial charge >= 0.3 is 5.97 Å². The van der Waals surface area contributed by atoms with Crippen LogP contribution in [0.3, 0.4) is 0 Å². The molecule has 3 aromatic rings. The van der Waals surface area contributed by atoms with Gasteiger partial charge in [-0.1, -0.05) is 42.5 Å². The van der Waals surface area contributed by atoms with Crippen molar-refractivity contribution in [2.45, 2.75) is 59.1 Å². The number of hydrogen-bond donors (Lipinski definition) is 3. The molecule has 1 unspecified atom stereocenters.